The molecule has 130 valence electrons. The van der Waals surface area contributed by atoms with E-state index in [0.29, 0.717) is 6.54 Å². The molecule has 0 unspecified atom stereocenters. The molecule has 26 heavy (non-hydrogen) atoms. The Kier molecular flexibility index (Phi) is 4.06. The molecular formula is C19H16N4O2S. The molecule has 2 aromatic heterocycles. The number of para-hydroxylation sites is 1. The highest BCUT2D eigenvalue weighted by Crippen LogP contribution is 2.29. The van der Waals surface area contributed by atoms with Crippen molar-refractivity contribution in [1.82, 2.24) is 9.97 Å². The van der Waals surface area contributed by atoms with Gasteiger partial charge in [-0.05, 0) is 29.8 Å². The van der Waals surface area contributed by atoms with E-state index in [1.807, 2.05) is 29.8 Å². The van der Waals surface area contributed by atoms with E-state index < -0.39 is 5.91 Å². The van der Waals surface area contributed by atoms with Crippen molar-refractivity contribution in [2.24, 2.45) is 5.73 Å². The van der Waals surface area contributed by atoms with Crippen LogP contribution < -0.4 is 11.1 Å². The van der Waals surface area contributed by atoms with Gasteiger partial charge < -0.3 is 21.1 Å². The Bertz CT molecular complexity index is 1100. The summed E-state index contributed by atoms with van der Waals surface area (Å²) in [7, 11) is 0. The molecule has 0 spiro atoms. The maximum atomic E-state index is 11.4. The van der Waals surface area contributed by atoms with Crippen LogP contribution in [-0.4, -0.2) is 21.0 Å². The highest BCUT2D eigenvalue weighted by Gasteiger charge is 2.12. The molecule has 0 bridgehead atoms. The van der Waals surface area contributed by atoms with Gasteiger partial charge in [-0.1, -0.05) is 18.2 Å². The number of thiazole rings is 1. The summed E-state index contributed by atoms with van der Waals surface area (Å²) in [4.78, 5) is 19.2. The second-order valence-corrected chi connectivity index (χ2v) is 6.71. The average Bonchev–Trinajstić information content (AvgIpc) is 3.27. The molecule has 0 atom stereocenters. The SMILES string of the molecule is NC(=O)c1cc(-c2csc(NCc3c[nH]c4ccccc34)n2)ccc1O. The molecule has 7 heteroatoms. The third-order valence-electron chi connectivity index (χ3n) is 4.17. The molecular weight excluding hydrogens is 348 g/mol. The lowest BCUT2D eigenvalue weighted by Gasteiger charge is -2.03. The van der Waals surface area contributed by atoms with E-state index in [9.17, 15) is 9.90 Å². The summed E-state index contributed by atoms with van der Waals surface area (Å²) in [6.45, 7) is 0.652. The Morgan fingerprint density at radius 1 is 1.27 bits per heavy atom. The van der Waals surface area contributed by atoms with Crippen molar-refractivity contribution in [3.05, 3.63) is 65.2 Å². The minimum Gasteiger partial charge on any atom is -0.507 e. The minimum atomic E-state index is -0.669. The van der Waals surface area contributed by atoms with Crippen LogP contribution in [-0.2, 0) is 6.54 Å². The van der Waals surface area contributed by atoms with Crippen molar-refractivity contribution in [1.29, 1.82) is 0 Å². The number of aromatic amines is 1. The van der Waals surface area contributed by atoms with Gasteiger partial charge in [0.05, 0.1) is 11.3 Å². The maximum Gasteiger partial charge on any atom is 0.252 e. The Balaban J connectivity index is 1.53. The van der Waals surface area contributed by atoms with E-state index in [1.54, 1.807) is 12.1 Å². The van der Waals surface area contributed by atoms with Gasteiger partial charge >= 0.3 is 0 Å². The summed E-state index contributed by atoms with van der Waals surface area (Å²) in [6.07, 6.45) is 1.99. The number of hydrogen-bond acceptors (Lipinski definition) is 5. The number of phenols is 1. The van der Waals surface area contributed by atoms with Crippen LogP contribution in [0.2, 0.25) is 0 Å². The van der Waals surface area contributed by atoms with Crippen molar-refractivity contribution in [3.63, 3.8) is 0 Å². The molecule has 2 aromatic carbocycles. The summed E-state index contributed by atoms with van der Waals surface area (Å²) >= 11 is 1.48. The standard InChI is InChI=1S/C19H16N4O2S/c20-18(25)14-7-11(5-6-17(14)24)16-10-26-19(23-16)22-9-12-8-21-15-4-2-1-3-13(12)15/h1-8,10,21,24H,9H2,(H2,20,25)(H,22,23). The summed E-state index contributed by atoms with van der Waals surface area (Å²) in [5.74, 6) is -0.800. The first-order chi connectivity index (χ1) is 12.6. The summed E-state index contributed by atoms with van der Waals surface area (Å²) in [5, 5.41) is 16.9. The van der Waals surface area contributed by atoms with E-state index in [4.69, 9.17) is 5.73 Å². The predicted octanol–water partition coefficient (Wildman–Crippen LogP) is 3.71. The number of carbonyl (C=O) groups excluding carboxylic acids is 1. The zero-order chi connectivity index (χ0) is 18.1. The number of primary amides is 1. The second-order valence-electron chi connectivity index (χ2n) is 5.85. The minimum absolute atomic E-state index is 0.0869. The van der Waals surface area contributed by atoms with Crippen LogP contribution in [0.1, 0.15) is 15.9 Å². The topological polar surface area (TPSA) is 104 Å². The summed E-state index contributed by atoms with van der Waals surface area (Å²) in [5.41, 5.74) is 9.09. The molecule has 0 saturated carbocycles. The van der Waals surface area contributed by atoms with Crippen LogP contribution in [0.5, 0.6) is 5.75 Å². The first-order valence-electron chi connectivity index (χ1n) is 7.99. The van der Waals surface area contributed by atoms with Crippen LogP contribution in [0.3, 0.4) is 0 Å². The number of aromatic nitrogens is 2. The van der Waals surface area contributed by atoms with E-state index in [0.717, 1.165) is 27.5 Å². The molecule has 0 saturated heterocycles. The Morgan fingerprint density at radius 3 is 2.96 bits per heavy atom. The van der Waals surface area contributed by atoms with Crippen LogP contribution in [0.4, 0.5) is 5.13 Å². The smallest absolute Gasteiger partial charge is 0.252 e. The van der Waals surface area contributed by atoms with Gasteiger partial charge in [0.1, 0.15) is 5.75 Å². The molecule has 4 aromatic rings. The fourth-order valence-electron chi connectivity index (χ4n) is 2.83. The number of nitrogens with one attached hydrogen (secondary N) is 2. The van der Waals surface area contributed by atoms with Gasteiger partial charge in [0.15, 0.2) is 5.13 Å². The third-order valence-corrected chi connectivity index (χ3v) is 4.97. The zero-order valence-electron chi connectivity index (χ0n) is 13.7. The third kappa shape index (κ3) is 3.00. The van der Waals surface area contributed by atoms with Gasteiger partial charge in [-0.2, -0.15) is 0 Å². The molecule has 4 rings (SSSR count). The first kappa shape index (κ1) is 16.2. The van der Waals surface area contributed by atoms with E-state index in [-0.39, 0.29) is 11.3 Å². The number of nitrogens with zero attached hydrogens (tertiary/aromatic N) is 1. The van der Waals surface area contributed by atoms with Crippen LogP contribution in [0.25, 0.3) is 22.2 Å². The molecule has 0 fully saturated rings. The lowest BCUT2D eigenvalue weighted by Crippen LogP contribution is -2.11. The van der Waals surface area contributed by atoms with Crippen molar-refractivity contribution in [3.8, 4) is 17.0 Å². The molecule has 6 nitrogen and oxygen atoms in total. The summed E-state index contributed by atoms with van der Waals surface area (Å²) < 4.78 is 0. The van der Waals surface area contributed by atoms with Gasteiger partial charge in [-0.3, -0.25) is 4.79 Å². The van der Waals surface area contributed by atoms with Gasteiger partial charge in [-0.25, -0.2) is 4.98 Å². The van der Waals surface area contributed by atoms with Crippen LogP contribution in [0, 0.1) is 0 Å². The molecule has 2 heterocycles. The largest absolute Gasteiger partial charge is 0.507 e. The number of anilines is 1. The first-order valence-corrected chi connectivity index (χ1v) is 8.87. The zero-order valence-corrected chi connectivity index (χ0v) is 14.5. The highest BCUT2D eigenvalue weighted by molar-refractivity contribution is 7.14. The van der Waals surface area contributed by atoms with E-state index in [1.165, 1.54) is 22.8 Å². The number of nitrogens with two attached hydrogens (primary N) is 1. The molecule has 0 aliphatic heterocycles. The van der Waals surface area contributed by atoms with Gasteiger partial charge in [0.25, 0.3) is 5.91 Å². The summed E-state index contributed by atoms with van der Waals surface area (Å²) in [6, 6.07) is 12.9. The number of rotatable bonds is 5. The van der Waals surface area contributed by atoms with E-state index >= 15 is 0 Å². The highest BCUT2D eigenvalue weighted by atomic mass is 32.1. The van der Waals surface area contributed by atoms with Crippen molar-refractivity contribution in [2.75, 3.05) is 5.32 Å². The number of H-pyrrole nitrogens is 1. The van der Waals surface area contributed by atoms with E-state index in [2.05, 4.69) is 21.4 Å². The molecule has 1 amide bonds. The second kappa shape index (κ2) is 6.53. The normalized spacial score (nSPS) is 10.9. The average molecular weight is 364 g/mol. The maximum absolute atomic E-state index is 11.4. The van der Waals surface area contributed by atoms with Gasteiger partial charge in [0.2, 0.25) is 0 Å². The number of amides is 1. The van der Waals surface area contributed by atoms with Crippen molar-refractivity contribution in [2.45, 2.75) is 6.54 Å². The van der Waals surface area contributed by atoms with Crippen LogP contribution in [0.15, 0.2) is 54.0 Å². The quantitative estimate of drug-likeness (QED) is 0.433. The molecule has 5 N–H and O–H groups in total. The molecule has 0 aliphatic rings. The van der Waals surface area contributed by atoms with Crippen molar-refractivity contribution >= 4 is 33.3 Å². The molecule has 0 aliphatic carbocycles. The number of hydrogen-bond donors (Lipinski definition) is 4. The Hall–Kier alpha value is -3.32. The number of fused-ring (bicyclic) bond motifs is 1. The lowest BCUT2D eigenvalue weighted by molar-refractivity contribution is 0.0998. The Morgan fingerprint density at radius 2 is 2.12 bits per heavy atom. The number of aromatic hydroxyl groups is 1. The monoisotopic (exact) mass is 364 g/mol. The van der Waals surface area contributed by atoms with Crippen molar-refractivity contribution < 1.29 is 9.90 Å². The van der Waals surface area contributed by atoms with Gasteiger partial charge in [-0.15, -0.1) is 11.3 Å². The van der Waals surface area contributed by atoms with Gasteiger partial charge in [0, 0.05) is 34.6 Å². The number of carbonyl (C=O) groups is 1. The Labute approximate surface area is 153 Å². The molecule has 0 radical (unpaired) electrons. The lowest BCUT2D eigenvalue weighted by atomic mass is 10.1. The fraction of sp³-hybridized carbons (Fsp3) is 0.0526. The fourth-order valence-corrected chi connectivity index (χ4v) is 3.55. The predicted molar refractivity (Wildman–Crippen MR) is 103 cm³/mol. The van der Waals surface area contributed by atoms with Crippen LogP contribution >= 0.6 is 11.3 Å². The number of benzene rings is 2.